The summed E-state index contributed by atoms with van der Waals surface area (Å²) in [5.74, 6) is -0.450. The number of hydrogen-bond acceptors (Lipinski definition) is 3. The lowest BCUT2D eigenvalue weighted by Gasteiger charge is -2.31. The number of carbonyl (C=O) groups is 1. The van der Waals surface area contributed by atoms with Gasteiger partial charge in [0.05, 0.1) is 11.8 Å². The number of nitrogens with two attached hydrogens (primary N) is 1. The standard InChI is InChI=1S/C12H15FN2O2/c13-10-2-1-8(5-11(10)14)12(17)15-6-7-3-9(16)4-7/h1-2,5,7,9,16H,3-4,6,14H2,(H,15,17). The number of nitrogens with one attached hydrogen (secondary N) is 1. The summed E-state index contributed by atoms with van der Waals surface area (Å²) in [7, 11) is 0. The second-order valence-electron chi connectivity index (χ2n) is 4.44. The molecular weight excluding hydrogens is 223 g/mol. The molecule has 4 N–H and O–H groups in total. The Morgan fingerprint density at radius 1 is 1.53 bits per heavy atom. The smallest absolute Gasteiger partial charge is 0.251 e. The first kappa shape index (κ1) is 11.9. The van der Waals surface area contributed by atoms with Crippen LogP contribution >= 0.6 is 0 Å². The summed E-state index contributed by atoms with van der Waals surface area (Å²) in [6, 6.07) is 3.90. The molecule has 0 bridgehead atoms. The summed E-state index contributed by atoms with van der Waals surface area (Å²) in [4.78, 5) is 11.7. The Hall–Kier alpha value is -1.62. The van der Waals surface area contributed by atoms with Gasteiger partial charge >= 0.3 is 0 Å². The van der Waals surface area contributed by atoms with E-state index in [1.807, 2.05) is 0 Å². The highest BCUT2D eigenvalue weighted by Gasteiger charge is 2.27. The predicted octanol–water partition coefficient (Wildman–Crippen LogP) is 0.909. The third-order valence-electron chi connectivity index (χ3n) is 3.02. The molecule has 1 aromatic carbocycles. The van der Waals surface area contributed by atoms with Crippen LogP contribution in [0.15, 0.2) is 18.2 Å². The zero-order chi connectivity index (χ0) is 12.4. The fraction of sp³-hybridized carbons (Fsp3) is 0.417. The number of amides is 1. The van der Waals surface area contributed by atoms with Gasteiger partial charge in [0.15, 0.2) is 0 Å². The Labute approximate surface area is 98.6 Å². The summed E-state index contributed by atoms with van der Waals surface area (Å²) in [6.45, 7) is 0.535. The second kappa shape index (κ2) is 4.71. The first-order valence-corrected chi connectivity index (χ1v) is 5.57. The van der Waals surface area contributed by atoms with E-state index in [1.54, 1.807) is 0 Å². The van der Waals surface area contributed by atoms with E-state index in [9.17, 15) is 9.18 Å². The average Bonchev–Trinajstić information content (AvgIpc) is 2.26. The Kier molecular flexibility index (Phi) is 3.28. The molecule has 1 aliphatic carbocycles. The van der Waals surface area contributed by atoms with Crippen molar-refractivity contribution in [2.24, 2.45) is 5.92 Å². The van der Waals surface area contributed by atoms with Crippen molar-refractivity contribution in [1.82, 2.24) is 5.32 Å². The molecule has 0 unspecified atom stereocenters. The van der Waals surface area contributed by atoms with Gasteiger partial charge < -0.3 is 16.2 Å². The topological polar surface area (TPSA) is 75.4 Å². The monoisotopic (exact) mass is 238 g/mol. The van der Waals surface area contributed by atoms with E-state index in [2.05, 4.69) is 5.32 Å². The normalized spacial score (nSPS) is 22.9. The number of hydrogen-bond donors (Lipinski definition) is 3. The van der Waals surface area contributed by atoms with Crippen LogP contribution in [0.5, 0.6) is 0 Å². The minimum absolute atomic E-state index is 0.0308. The van der Waals surface area contributed by atoms with E-state index in [-0.39, 0.29) is 17.7 Å². The first-order valence-electron chi connectivity index (χ1n) is 5.57. The molecular formula is C12H15FN2O2. The summed E-state index contributed by atoms with van der Waals surface area (Å²) >= 11 is 0. The third-order valence-corrected chi connectivity index (χ3v) is 3.02. The van der Waals surface area contributed by atoms with Crippen molar-refractivity contribution in [3.05, 3.63) is 29.6 Å². The molecule has 0 aromatic heterocycles. The molecule has 1 aliphatic rings. The van der Waals surface area contributed by atoms with Gasteiger partial charge in [-0.2, -0.15) is 0 Å². The molecule has 1 aromatic rings. The van der Waals surface area contributed by atoms with Crippen LogP contribution in [0.4, 0.5) is 10.1 Å². The lowest BCUT2D eigenvalue weighted by molar-refractivity contribution is 0.0420. The summed E-state index contributed by atoms with van der Waals surface area (Å²) < 4.78 is 12.9. The van der Waals surface area contributed by atoms with Crippen LogP contribution in [-0.4, -0.2) is 23.7 Å². The number of nitrogen functional groups attached to an aromatic ring is 1. The molecule has 0 heterocycles. The van der Waals surface area contributed by atoms with Crippen molar-refractivity contribution in [2.75, 3.05) is 12.3 Å². The molecule has 0 aliphatic heterocycles. The summed E-state index contributed by atoms with van der Waals surface area (Å²) in [5, 5.41) is 11.8. The molecule has 0 saturated heterocycles. The quantitative estimate of drug-likeness (QED) is 0.685. The van der Waals surface area contributed by atoms with Crippen molar-refractivity contribution >= 4 is 11.6 Å². The Morgan fingerprint density at radius 3 is 2.82 bits per heavy atom. The number of aliphatic hydroxyl groups excluding tert-OH is 1. The van der Waals surface area contributed by atoms with Crippen LogP contribution < -0.4 is 11.1 Å². The van der Waals surface area contributed by atoms with Crippen LogP contribution in [0.3, 0.4) is 0 Å². The maximum Gasteiger partial charge on any atom is 0.251 e. The first-order chi connectivity index (χ1) is 8.06. The fourth-order valence-corrected chi connectivity index (χ4v) is 1.89. The Balaban J connectivity index is 1.88. The van der Waals surface area contributed by atoms with Crippen LogP contribution in [0.25, 0.3) is 0 Å². The van der Waals surface area contributed by atoms with E-state index in [0.717, 1.165) is 12.8 Å². The van der Waals surface area contributed by atoms with Crippen molar-refractivity contribution in [3.63, 3.8) is 0 Å². The molecule has 1 fully saturated rings. The molecule has 5 heteroatoms. The molecule has 0 spiro atoms. The zero-order valence-corrected chi connectivity index (χ0v) is 9.32. The highest BCUT2D eigenvalue weighted by Crippen LogP contribution is 2.26. The molecule has 1 saturated carbocycles. The van der Waals surface area contributed by atoms with Crippen LogP contribution in [0, 0.1) is 11.7 Å². The summed E-state index contributed by atoms with van der Waals surface area (Å²) in [5.41, 5.74) is 5.70. The summed E-state index contributed by atoms with van der Waals surface area (Å²) in [6.07, 6.45) is 1.23. The van der Waals surface area contributed by atoms with Gasteiger partial charge in [-0.25, -0.2) is 4.39 Å². The zero-order valence-electron chi connectivity index (χ0n) is 9.32. The van der Waals surface area contributed by atoms with Gasteiger partial charge in [-0.15, -0.1) is 0 Å². The Morgan fingerprint density at radius 2 is 2.24 bits per heavy atom. The van der Waals surface area contributed by atoms with Crippen molar-refractivity contribution in [1.29, 1.82) is 0 Å². The van der Waals surface area contributed by atoms with Crippen LogP contribution in [-0.2, 0) is 0 Å². The van der Waals surface area contributed by atoms with E-state index in [1.165, 1.54) is 18.2 Å². The third kappa shape index (κ3) is 2.74. The molecule has 2 rings (SSSR count). The van der Waals surface area contributed by atoms with E-state index in [0.29, 0.717) is 18.0 Å². The largest absolute Gasteiger partial charge is 0.396 e. The fourth-order valence-electron chi connectivity index (χ4n) is 1.89. The number of rotatable bonds is 3. The molecule has 0 radical (unpaired) electrons. The average molecular weight is 238 g/mol. The van der Waals surface area contributed by atoms with Crippen molar-refractivity contribution in [2.45, 2.75) is 18.9 Å². The number of carbonyl (C=O) groups excluding carboxylic acids is 1. The molecule has 92 valence electrons. The van der Waals surface area contributed by atoms with Crippen molar-refractivity contribution in [3.8, 4) is 0 Å². The molecule has 0 atom stereocenters. The number of benzene rings is 1. The van der Waals surface area contributed by atoms with Gasteiger partial charge in [-0.3, -0.25) is 4.79 Å². The van der Waals surface area contributed by atoms with Crippen LogP contribution in [0.2, 0.25) is 0 Å². The van der Waals surface area contributed by atoms with E-state index >= 15 is 0 Å². The number of halogens is 1. The predicted molar refractivity (Wildman–Crippen MR) is 61.9 cm³/mol. The maximum absolute atomic E-state index is 12.9. The highest BCUT2D eigenvalue weighted by molar-refractivity contribution is 5.95. The minimum Gasteiger partial charge on any atom is -0.396 e. The van der Waals surface area contributed by atoms with Crippen LogP contribution in [0.1, 0.15) is 23.2 Å². The second-order valence-corrected chi connectivity index (χ2v) is 4.44. The Bertz CT molecular complexity index is 431. The SMILES string of the molecule is Nc1cc(C(=O)NCC2CC(O)C2)ccc1F. The van der Waals surface area contributed by atoms with Gasteiger partial charge in [0.25, 0.3) is 5.91 Å². The lowest BCUT2D eigenvalue weighted by atomic mass is 9.82. The lowest BCUT2D eigenvalue weighted by Crippen LogP contribution is -2.38. The highest BCUT2D eigenvalue weighted by atomic mass is 19.1. The van der Waals surface area contributed by atoms with E-state index < -0.39 is 5.82 Å². The van der Waals surface area contributed by atoms with Gasteiger partial charge in [-0.1, -0.05) is 0 Å². The number of aliphatic hydroxyl groups is 1. The molecule has 17 heavy (non-hydrogen) atoms. The van der Waals surface area contributed by atoms with Crippen molar-refractivity contribution < 1.29 is 14.3 Å². The van der Waals surface area contributed by atoms with Gasteiger partial charge in [-0.05, 0) is 37.0 Å². The maximum atomic E-state index is 12.9. The van der Waals surface area contributed by atoms with Gasteiger partial charge in [0.1, 0.15) is 5.82 Å². The molecule has 1 amide bonds. The van der Waals surface area contributed by atoms with E-state index in [4.69, 9.17) is 10.8 Å². The number of anilines is 1. The van der Waals surface area contributed by atoms with Gasteiger partial charge in [0, 0.05) is 12.1 Å². The molecule has 4 nitrogen and oxygen atoms in total. The minimum atomic E-state index is -0.524. The van der Waals surface area contributed by atoms with Gasteiger partial charge in [0.2, 0.25) is 0 Å².